The van der Waals surface area contributed by atoms with Crippen molar-refractivity contribution in [1.29, 1.82) is 0 Å². The molecule has 0 bridgehead atoms. The van der Waals surface area contributed by atoms with Crippen molar-refractivity contribution in [2.45, 2.75) is 52.1 Å². The summed E-state index contributed by atoms with van der Waals surface area (Å²) in [6, 6.07) is 3.91. The van der Waals surface area contributed by atoms with Crippen LogP contribution in [0, 0.1) is 12.8 Å². The third-order valence-corrected chi connectivity index (χ3v) is 4.17. The summed E-state index contributed by atoms with van der Waals surface area (Å²) in [5.41, 5.74) is 2.73. The Morgan fingerprint density at radius 2 is 2.30 bits per heavy atom. The van der Waals surface area contributed by atoms with Gasteiger partial charge >= 0.3 is 0 Å². The molecule has 0 spiro atoms. The molecule has 6 nitrogen and oxygen atoms in total. The topological polar surface area (TPSA) is 72.7 Å². The van der Waals surface area contributed by atoms with Gasteiger partial charge in [-0.3, -0.25) is 9.78 Å². The van der Waals surface area contributed by atoms with Crippen molar-refractivity contribution < 1.29 is 4.79 Å². The Hall–Kier alpha value is -2.24. The van der Waals surface area contributed by atoms with Gasteiger partial charge in [0.15, 0.2) is 0 Å². The summed E-state index contributed by atoms with van der Waals surface area (Å²) in [4.78, 5) is 16.2. The smallest absolute Gasteiger partial charge is 0.220 e. The first-order chi connectivity index (χ1) is 11.1. The van der Waals surface area contributed by atoms with Crippen LogP contribution in [-0.4, -0.2) is 31.9 Å². The number of nitrogens with zero attached hydrogens (tertiary/aromatic N) is 4. The average Bonchev–Trinajstić information content (AvgIpc) is 3.24. The summed E-state index contributed by atoms with van der Waals surface area (Å²) < 4.78 is 1.77. The molecule has 1 aliphatic rings. The summed E-state index contributed by atoms with van der Waals surface area (Å²) in [6.07, 6.45) is 7.90. The molecule has 2 heterocycles. The maximum Gasteiger partial charge on any atom is 0.220 e. The molecule has 1 amide bonds. The molecule has 0 aromatic carbocycles. The van der Waals surface area contributed by atoms with Crippen molar-refractivity contribution in [2.24, 2.45) is 5.92 Å². The van der Waals surface area contributed by atoms with Gasteiger partial charge in [-0.05, 0) is 38.3 Å². The summed E-state index contributed by atoms with van der Waals surface area (Å²) in [6.45, 7) is 4.56. The third-order valence-electron chi connectivity index (χ3n) is 4.17. The fourth-order valence-electron chi connectivity index (χ4n) is 2.68. The molecule has 1 N–H and O–H groups in total. The van der Waals surface area contributed by atoms with E-state index in [4.69, 9.17) is 0 Å². The summed E-state index contributed by atoms with van der Waals surface area (Å²) >= 11 is 0. The molecular weight excluding hydrogens is 290 g/mol. The Kier molecular flexibility index (Phi) is 4.69. The summed E-state index contributed by atoms with van der Waals surface area (Å²) in [5.74, 6) is 0.921. The monoisotopic (exact) mass is 313 g/mol. The fourth-order valence-corrected chi connectivity index (χ4v) is 2.68. The molecule has 1 saturated carbocycles. The average molecular weight is 313 g/mol. The molecule has 0 saturated heterocycles. The van der Waals surface area contributed by atoms with E-state index < -0.39 is 0 Å². The van der Waals surface area contributed by atoms with E-state index in [2.05, 4.69) is 20.6 Å². The second-order valence-corrected chi connectivity index (χ2v) is 6.41. The van der Waals surface area contributed by atoms with E-state index in [0.29, 0.717) is 13.0 Å². The van der Waals surface area contributed by atoms with E-state index in [9.17, 15) is 4.79 Å². The second-order valence-electron chi connectivity index (χ2n) is 6.41. The highest BCUT2D eigenvalue weighted by Gasteiger charge is 2.22. The molecule has 1 atom stereocenters. The van der Waals surface area contributed by atoms with E-state index in [0.717, 1.165) is 29.3 Å². The maximum absolute atomic E-state index is 11.9. The molecule has 1 fully saturated rings. The van der Waals surface area contributed by atoms with Crippen LogP contribution in [0.4, 0.5) is 0 Å². The number of rotatable bonds is 7. The Balaban J connectivity index is 1.53. The number of nitrogens with one attached hydrogen (secondary N) is 1. The predicted octanol–water partition coefficient (Wildman–Crippen LogP) is 2.34. The Morgan fingerprint density at radius 3 is 3.04 bits per heavy atom. The van der Waals surface area contributed by atoms with Gasteiger partial charge in [-0.1, -0.05) is 18.1 Å². The lowest BCUT2D eigenvalue weighted by molar-refractivity contribution is -0.121. The van der Waals surface area contributed by atoms with Gasteiger partial charge in [0, 0.05) is 29.9 Å². The minimum atomic E-state index is 0.0336. The number of amides is 1. The van der Waals surface area contributed by atoms with E-state index in [-0.39, 0.29) is 11.9 Å². The van der Waals surface area contributed by atoms with Crippen LogP contribution in [0.5, 0.6) is 0 Å². The Morgan fingerprint density at radius 1 is 1.48 bits per heavy atom. The van der Waals surface area contributed by atoms with Crippen LogP contribution in [0.3, 0.4) is 0 Å². The first-order valence-electron chi connectivity index (χ1n) is 8.23. The zero-order valence-electron chi connectivity index (χ0n) is 13.7. The molecule has 23 heavy (non-hydrogen) atoms. The van der Waals surface area contributed by atoms with Crippen LogP contribution in [0.1, 0.15) is 38.3 Å². The molecule has 3 rings (SSSR count). The number of hydrogen-bond donors (Lipinski definition) is 1. The molecule has 2 aromatic heterocycles. The van der Waals surface area contributed by atoms with Crippen LogP contribution in [0.2, 0.25) is 0 Å². The van der Waals surface area contributed by atoms with Crippen LogP contribution in [-0.2, 0) is 11.3 Å². The maximum atomic E-state index is 11.9. The van der Waals surface area contributed by atoms with Gasteiger partial charge in [0.1, 0.15) is 5.69 Å². The highest BCUT2D eigenvalue weighted by molar-refractivity contribution is 5.76. The van der Waals surface area contributed by atoms with E-state index in [1.54, 1.807) is 10.9 Å². The number of aryl methyl sites for hydroxylation is 1. The van der Waals surface area contributed by atoms with Crippen LogP contribution in [0.15, 0.2) is 24.5 Å². The molecule has 0 unspecified atom stereocenters. The molecule has 1 aliphatic carbocycles. The lowest BCUT2D eigenvalue weighted by Crippen LogP contribution is -2.35. The highest BCUT2D eigenvalue weighted by Crippen LogP contribution is 2.33. The van der Waals surface area contributed by atoms with Gasteiger partial charge in [-0.25, -0.2) is 4.68 Å². The van der Waals surface area contributed by atoms with Gasteiger partial charge in [0.05, 0.1) is 12.7 Å². The minimum Gasteiger partial charge on any atom is -0.352 e. The van der Waals surface area contributed by atoms with E-state index >= 15 is 0 Å². The van der Waals surface area contributed by atoms with Gasteiger partial charge in [0.2, 0.25) is 5.91 Å². The normalized spacial score (nSPS) is 15.4. The number of carbonyl (C=O) groups excluding carboxylic acids is 1. The van der Waals surface area contributed by atoms with Crippen LogP contribution >= 0.6 is 0 Å². The fraction of sp³-hybridized carbons (Fsp3) is 0.529. The quantitative estimate of drug-likeness (QED) is 0.851. The first kappa shape index (κ1) is 15.6. The molecule has 6 heteroatoms. The van der Waals surface area contributed by atoms with Gasteiger partial charge in [0.25, 0.3) is 0 Å². The van der Waals surface area contributed by atoms with Crippen molar-refractivity contribution in [2.75, 3.05) is 0 Å². The number of aromatic nitrogens is 4. The van der Waals surface area contributed by atoms with E-state index in [1.165, 1.54) is 12.8 Å². The van der Waals surface area contributed by atoms with Gasteiger partial charge in [-0.2, -0.15) is 0 Å². The van der Waals surface area contributed by atoms with Crippen LogP contribution < -0.4 is 5.32 Å². The van der Waals surface area contributed by atoms with Crippen molar-refractivity contribution in [3.05, 3.63) is 30.2 Å². The minimum absolute atomic E-state index is 0.0336. The Bertz CT molecular complexity index is 677. The lowest BCUT2D eigenvalue weighted by Gasteiger charge is -2.13. The molecule has 122 valence electrons. The van der Waals surface area contributed by atoms with Gasteiger partial charge in [-0.15, -0.1) is 5.10 Å². The highest BCUT2D eigenvalue weighted by atomic mass is 16.1. The molecule has 0 aliphatic heterocycles. The zero-order valence-corrected chi connectivity index (χ0v) is 13.7. The first-order valence-corrected chi connectivity index (χ1v) is 8.23. The third kappa shape index (κ3) is 4.37. The molecule has 2 aromatic rings. The largest absolute Gasteiger partial charge is 0.352 e. The molecule has 0 radical (unpaired) electrons. The van der Waals surface area contributed by atoms with Crippen molar-refractivity contribution >= 4 is 5.91 Å². The summed E-state index contributed by atoms with van der Waals surface area (Å²) in [5, 5.41) is 11.4. The zero-order chi connectivity index (χ0) is 16.2. The number of hydrogen-bond acceptors (Lipinski definition) is 4. The van der Waals surface area contributed by atoms with Crippen molar-refractivity contribution in [1.82, 2.24) is 25.3 Å². The van der Waals surface area contributed by atoms with Crippen molar-refractivity contribution in [3.63, 3.8) is 0 Å². The summed E-state index contributed by atoms with van der Waals surface area (Å²) in [7, 11) is 0. The van der Waals surface area contributed by atoms with Crippen LogP contribution in [0.25, 0.3) is 11.3 Å². The number of carbonyl (C=O) groups is 1. The SMILES string of the molecule is Cc1ncccc1-c1cn(C[C@H](C)NC(=O)CCC2CC2)nn1. The van der Waals surface area contributed by atoms with E-state index in [1.807, 2.05) is 32.2 Å². The Labute approximate surface area is 136 Å². The standard InChI is InChI=1S/C17H23N5O/c1-12(19-17(23)8-7-14-5-6-14)10-22-11-16(20-21-22)15-4-3-9-18-13(15)2/h3-4,9,11-12,14H,5-8,10H2,1-2H3,(H,19,23)/t12-/m0/s1. The van der Waals surface area contributed by atoms with Gasteiger partial charge < -0.3 is 5.32 Å². The second kappa shape index (κ2) is 6.89. The predicted molar refractivity (Wildman–Crippen MR) is 87.6 cm³/mol. The lowest BCUT2D eigenvalue weighted by atomic mass is 10.1. The van der Waals surface area contributed by atoms with Crippen molar-refractivity contribution in [3.8, 4) is 11.3 Å². The number of pyridine rings is 1. The molecular formula is C17H23N5O.